The molecule has 1 rings (SSSR count). The summed E-state index contributed by atoms with van der Waals surface area (Å²) in [6.07, 6.45) is 0.832. The normalized spacial score (nSPS) is 20.9. The van der Waals surface area contributed by atoms with Gasteiger partial charge >= 0.3 is 0 Å². The zero-order chi connectivity index (χ0) is 7.56. The lowest BCUT2D eigenvalue weighted by atomic mass is 10.4. The van der Waals surface area contributed by atoms with Crippen LogP contribution in [0.5, 0.6) is 0 Å². The van der Waals surface area contributed by atoms with Gasteiger partial charge in [-0.3, -0.25) is 9.63 Å². The Labute approximate surface area is 60.9 Å². The molecule has 1 heterocycles. The molecule has 58 valence electrons. The van der Waals surface area contributed by atoms with Crippen molar-refractivity contribution in [3.8, 4) is 0 Å². The quantitative estimate of drug-likeness (QED) is 0.567. The van der Waals surface area contributed by atoms with Crippen molar-refractivity contribution in [2.45, 2.75) is 26.4 Å². The first-order valence-corrected chi connectivity index (χ1v) is 3.62. The van der Waals surface area contributed by atoms with Crippen LogP contribution in [-0.4, -0.2) is 30.0 Å². The number of carbonyl (C=O) groups is 1. The van der Waals surface area contributed by atoms with Crippen LogP contribution >= 0.6 is 0 Å². The molecule has 1 aliphatic rings. The summed E-state index contributed by atoms with van der Waals surface area (Å²) in [7, 11) is 0. The van der Waals surface area contributed by atoms with Gasteiger partial charge < -0.3 is 0 Å². The number of nitrogens with zero attached hydrogens (tertiary/aromatic N) is 1. The molecular weight excluding hydrogens is 130 g/mol. The maximum absolute atomic E-state index is 10.7. The van der Waals surface area contributed by atoms with Crippen LogP contribution in [0, 0.1) is 0 Å². The molecule has 0 N–H and O–H groups in total. The highest BCUT2D eigenvalue weighted by Crippen LogP contribution is 2.06. The number of hydrogen-bond donors (Lipinski definition) is 0. The molecule has 1 saturated heterocycles. The summed E-state index contributed by atoms with van der Waals surface area (Å²) in [6.45, 7) is 5.15. The van der Waals surface area contributed by atoms with Gasteiger partial charge in [0.25, 0.3) is 0 Å². The van der Waals surface area contributed by atoms with Crippen molar-refractivity contribution in [1.29, 1.82) is 0 Å². The maximum atomic E-state index is 10.7. The van der Waals surface area contributed by atoms with E-state index in [0.29, 0.717) is 13.0 Å². The van der Waals surface area contributed by atoms with Crippen molar-refractivity contribution < 1.29 is 9.63 Å². The van der Waals surface area contributed by atoms with E-state index in [4.69, 9.17) is 4.84 Å². The molecule has 0 radical (unpaired) electrons. The van der Waals surface area contributed by atoms with E-state index >= 15 is 0 Å². The fourth-order valence-corrected chi connectivity index (χ4v) is 0.992. The van der Waals surface area contributed by atoms with E-state index in [1.165, 1.54) is 0 Å². The molecule has 3 heteroatoms. The molecule has 0 amide bonds. The zero-order valence-electron chi connectivity index (χ0n) is 6.46. The second kappa shape index (κ2) is 3.12. The minimum atomic E-state index is 0.186. The first-order valence-electron chi connectivity index (χ1n) is 3.62. The Kier molecular flexibility index (Phi) is 2.40. The van der Waals surface area contributed by atoms with Gasteiger partial charge in [-0.25, -0.2) is 0 Å². The fraction of sp³-hybridized carbons (Fsp3) is 0.857. The number of hydroxylamine groups is 2. The summed E-state index contributed by atoms with van der Waals surface area (Å²) in [5.74, 6) is 0.278. The fourth-order valence-electron chi connectivity index (χ4n) is 0.992. The van der Waals surface area contributed by atoms with Crippen molar-refractivity contribution in [2.24, 2.45) is 0 Å². The van der Waals surface area contributed by atoms with E-state index in [0.717, 1.165) is 6.54 Å². The molecule has 10 heavy (non-hydrogen) atoms. The molecule has 0 saturated carbocycles. The second-order valence-corrected chi connectivity index (χ2v) is 2.81. The van der Waals surface area contributed by atoms with Gasteiger partial charge in [0.15, 0.2) is 5.78 Å². The molecule has 0 unspecified atom stereocenters. The van der Waals surface area contributed by atoms with Gasteiger partial charge in [0.05, 0.1) is 12.6 Å². The van der Waals surface area contributed by atoms with Gasteiger partial charge in [0, 0.05) is 13.0 Å². The average molecular weight is 143 g/mol. The largest absolute Gasteiger partial charge is 0.298 e. The van der Waals surface area contributed by atoms with Gasteiger partial charge in [-0.1, -0.05) is 0 Å². The highest BCUT2D eigenvalue weighted by molar-refractivity contribution is 5.82. The Morgan fingerprint density at radius 2 is 2.30 bits per heavy atom. The first-order chi connectivity index (χ1) is 4.68. The van der Waals surface area contributed by atoms with Crippen LogP contribution in [0.1, 0.15) is 20.3 Å². The third-order valence-corrected chi connectivity index (χ3v) is 1.35. The molecule has 0 spiro atoms. The van der Waals surface area contributed by atoms with E-state index in [1.807, 2.05) is 13.8 Å². The average Bonchev–Trinajstić information content (AvgIpc) is 2.13. The van der Waals surface area contributed by atoms with Crippen LogP contribution in [0.3, 0.4) is 0 Å². The molecule has 1 aliphatic heterocycles. The molecule has 0 aromatic rings. The molecule has 0 aromatic carbocycles. The lowest BCUT2D eigenvalue weighted by Gasteiger charge is -2.16. The summed E-state index contributed by atoms with van der Waals surface area (Å²) >= 11 is 0. The van der Waals surface area contributed by atoms with Gasteiger partial charge in [0.1, 0.15) is 0 Å². The maximum Gasteiger partial charge on any atom is 0.150 e. The minimum absolute atomic E-state index is 0.186. The summed E-state index contributed by atoms with van der Waals surface area (Å²) in [6, 6.07) is 0. The van der Waals surface area contributed by atoms with Crippen LogP contribution in [0.15, 0.2) is 0 Å². The van der Waals surface area contributed by atoms with E-state index in [-0.39, 0.29) is 11.9 Å². The van der Waals surface area contributed by atoms with Gasteiger partial charge in [-0.15, -0.1) is 0 Å². The Morgan fingerprint density at radius 1 is 1.60 bits per heavy atom. The predicted octanol–water partition coefficient (Wildman–Crippen LogP) is 0.601. The smallest absolute Gasteiger partial charge is 0.150 e. The first kappa shape index (κ1) is 7.69. The van der Waals surface area contributed by atoms with Gasteiger partial charge in [-0.2, -0.15) is 5.06 Å². The van der Waals surface area contributed by atoms with Crippen molar-refractivity contribution in [3.05, 3.63) is 0 Å². The molecule has 0 bridgehead atoms. The van der Waals surface area contributed by atoms with Crippen LogP contribution in [0.2, 0.25) is 0 Å². The molecule has 0 atom stereocenters. The Balaban J connectivity index is 2.24. The van der Waals surface area contributed by atoms with Gasteiger partial charge in [0.2, 0.25) is 0 Å². The van der Waals surface area contributed by atoms with Crippen molar-refractivity contribution in [2.75, 3.05) is 13.1 Å². The Hall–Kier alpha value is -0.410. The van der Waals surface area contributed by atoms with E-state index in [1.54, 1.807) is 5.06 Å². The summed E-state index contributed by atoms with van der Waals surface area (Å²) < 4.78 is 0. The highest BCUT2D eigenvalue weighted by atomic mass is 16.7. The van der Waals surface area contributed by atoms with Crippen molar-refractivity contribution >= 4 is 5.78 Å². The van der Waals surface area contributed by atoms with Crippen molar-refractivity contribution in [3.63, 3.8) is 0 Å². The topological polar surface area (TPSA) is 29.5 Å². The number of ketones is 1. The van der Waals surface area contributed by atoms with Crippen LogP contribution in [-0.2, 0) is 9.63 Å². The highest BCUT2D eigenvalue weighted by Gasteiger charge is 2.20. The monoisotopic (exact) mass is 143 g/mol. The minimum Gasteiger partial charge on any atom is -0.298 e. The molecule has 3 nitrogen and oxygen atoms in total. The third kappa shape index (κ3) is 2.08. The lowest BCUT2D eigenvalue weighted by molar-refractivity contribution is -0.173. The van der Waals surface area contributed by atoms with E-state index in [2.05, 4.69) is 0 Å². The molecular formula is C7H13NO2. The van der Waals surface area contributed by atoms with Crippen molar-refractivity contribution in [1.82, 2.24) is 5.06 Å². The lowest BCUT2D eigenvalue weighted by Crippen LogP contribution is -2.24. The van der Waals surface area contributed by atoms with E-state index in [9.17, 15) is 4.79 Å². The number of rotatable bonds is 2. The predicted molar refractivity (Wildman–Crippen MR) is 37.4 cm³/mol. The van der Waals surface area contributed by atoms with Crippen LogP contribution in [0.25, 0.3) is 0 Å². The third-order valence-electron chi connectivity index (χ3n) is 1.35. The van der Waals surface area contributed by atoms with Crippen LogP contribution in [0.4, 0.5) is 0 Å². The van der Waals surface area contributed by atoms with Gasteiger partial charge in [-0.05, 0) is 13.8 Å². The molecule has 0 aliphatic carbocycles. The van der Waals surface area contributed by atoms with Crippen LogP contribution < -0.4 is 0 Å². The molecule has 0 aromatic heterocycles. The summed E-state index contributed by atoms with van der Waals surface area (Å²) in [4.78, 5) is 16.0. The number of Topliss-reactive ketones (excluding diaryl/α,β-unsaturated/α-hetero) is 1. The molecule has 1 fully saturated rings. The summed E-state index contributed by atoms with van der Waals surface area (Å²) in [5, 5.41) is 1.73. The zero-order valence-corrected chi connectivity index (χ0v) is 6.46. The second-order valence-electron chi connectivity index (χ2n) is 2.81. The number of carbonyl (C=O) groups excluding carboxylic acids is 1. The number of hydrogen-bond acceptors (Lipinski definition) is 3. The standard InChI is InChI=1S/C7H13NO2/c1-6(2)10-8-4-3-7(9)5-8/h6H,3-5H2,1-2H3. The Morgan fingerprint density at radius 3 is 2.70 bits per heavy atom. The summed E-state index contributed by atoms with van der Waals surface area (Å²) in [5.41, 5.74) is 0. The SMILES string of the molecule is CC(C)ON1CCC(=O)C1. The van der Waals surface area contributed by atoms with E-state index < -0.39 is 0 Å². The Bertz CT molecular complexity index is 134.